The maximum atomic E-state index is 14.0. The molecule has 6 heteroatoms. The standard InChI is InChI=1S/C22H18F2N2O2/c23-17-13-7-12-16(19(17)24)22(28)26-20(21(25)27)18(14-8-3-1-4-9-14)15-10-5-2-6-11-15/h1-13,18,20H,(H2,25,27)(H,26,28)/t20-/m1/s1. The molecule has 0 aliphatic carbocycles. The van der Waals surface area contributed by atoms with Gasteiger partial charge >= 0.3 is 0 Å². The Morgan fingerprint density at radius 3 is 1.82 bits per heavy atom. The van der Waals surface area contributed by atoms with E-state index >= 15 is 0 Å². The van der Waals surface area contributed by atoms with Crippen LogP contribution in [0.25, 0.3) is 0 Å². The Kier molecular flexibility index (Phi) is 5.79. The molecule has 3 N–H and O–H groups in total. The van der Waals surface area contributed by atoms with Crippen molar-refractivity contribution in [2.24, 2.45) is 5.73 Å². The molecule has 0 radical (unpaired) electrons. The van der Waals surface area contributed by atoms with E-state index in [-0.39, 0.29) is 0 Å². The molecule has 0 saturated heterocycles. The Balaban J connectivity index is 2.01. The maximum absolute atomic E-state index is 14.0. The number of hydrogen-bond acceptors (Lipinski definition) is 2. The maximum Gasteiger partial charge on any atom is 0.255 e. The number of halogens is 2. The van der Waals surface area contributed by atoms with Gasteiger partial charge in [-0.1, -0.05) is 66.7 Å². The molecule has 0 bridgehead atoms. The second kappa shape index (κ2) is 8.43. The molecule has 28 heavy (non-hydrogen) atoms. The number of nitrogens with one attached hydrogen (secondary N) is 1. The van der Waals surface area contributed by atoms with Crippen molar-refractivity contribution in [3.05, 3.63) is 107 Å². The van der Waals surface area contributed by atoms with Gasteiger partial charge in [-0.15, -0.1) is 0 Å². The van der Waals surface area contributed by atoms with E-state index in [9.17, 15) is 18.4 Å². The second-order valence-corrected chi connectivity index (χ2v) is 6.25. The zero-order valence-electron chi connectivity index (χ0n) is 14.8. The molecule has 2 amide bonds. The Hall–Kier alpha value is -3.54. The SMILES string of the molecule is NC(=O)[C@H](NC(=O)c1cccc(F)c1F)C(c1ccccc1)c1ccccc1. The topological polar surface area (TPSA) is 72.2 Å². The van der Waals surface area contributed by atoms with Crippen LogP contribution >= 0.6 is 0 Å². The Morgan fingerprint density at radius 2 is 1.32 bits per heavy atom. The minimum Gasteiger partial charge on any atom is -0.368 e. The first-order valence-corrected chi connectivity index (χ1v) is 8.63. The minimum absolute atomic E-state index is 0.494. The first-order valence-electron chi connectivity index (χ1n) is 8.63. The summed E-state index contributed by atoms with van der Waals surface area (Å²) in [6.45, 7) is 0. The Labute approximate surface area is 161 Å². The van der Waals surface area contributed by atoms with Gasteiger partial charge in [0.15, 0.2) is 11.6 Å². The third kappa shape index (κ3) is 4.06. The van der Waals surface area contributed by atoms with Crippen LogP contribution in [0.1, 0.15) is 27.4 Å². The molecule has 0 aliphatic rings. The summed E-state index contributed by atoms with van der Waals surface area (Å²) >= 11 is 0. The molecule has 0 heterocycles. The van der Waals surface area contributed by atoms with Crippen LogP contribution in [0.4, 0.5) is 8.78 Å². The first-order chi connectivity index (χ1) is 13.5. The van der Waals surface area contributed by atoms with Crippen LogP contribution in [0.3, 0.4) is 0 Å². The van der Waals surface area contributed by atoms with Gasteiger partial charge in [0.1, 0.15) is 6.04 Å². The van der Waals surface area contributed by atoms with E-state index in [0.29, 0.717) is 0 Å². The summed E-state index contributed by atoms with van der Waals surface area (Å²) in [5.74, 6) is -4.73. The summed E-state index contributed by atoms with van der Waals surface area (Å²) in [5.41, 5.74) is 6.59. The molecular weight excluding hydrogens is 362 g/mol. The summed E-state index contributed by atoms with van der Waals surface area (Å²) in [6, 6.07) is 20.2. The molecule has 1 atom stereocenters. The molecule has 0 saturated carbocycles. The van der Waals surface area contributed by atoms with Crippen molar-refractivity contribution in [1.82, 2.24) is 5.32 Å². The van der Waals surface area contributed by atoms with Crippen molar-refractivity contribution >= 4 is 11.8 Å². The fourth-order valence-corrected chi connectivity index (χ4v) is 3.11. The van der Waals surface area contributed by atoms with Crippen molar-refractivity contribution in [2.45, 2.75) is 12.0 Å². The summed E-state index contributed by atoms with van der Waals surface area (Å²) in [6.07, 6.45) is 0. The molecular formula is C22H18F2N2O2. The van der Waals surface area contributed by atoms with E-state index in [1.54, 1.807) is 24.3 Å². The Bertz CT molecular complexity index is 939. The molecule has 142 valence electrons. The predicted octanol–water partition coefficient (Wildman–Crippen LogP) is 3.38. The number of amides is 2. The highest BCUT2D eigenvalue weighted by molar-refractivity contribution is 5.98. The van der Waals surface area contributed by atoms with Crippen LogP contribution in [0, 0.1) is 11.6 Å². The van der Waals surface area contributed by atoms with Gasteiger partial charge in [-0.3, -0.25) is 9.59 Å². The van der Waals surface area contributed by atoms with Gasteiger partial charge < -0.3 is 11.1 Å². The number of primary amides is 1. The third-order valence-electron chi connectivity index (χ3n) is 4.44. The highest BCUT2D eigenvalue weighted by Gasteiger charge is 2.32. The van der Waals surface area contributed by atoms with E-state index < -0.39 is 41.0 Å². The first kappa shape index (κ1) is 19.2. The second-order valence-electron chi connectivity index (χ2n) is 6.25. The molecule has 3 aromatic carbocycles. The van der Waals surface area contributed by atoms with E-state index in [1.807, 2.05) is 36.4 Å². The average Bonchev–Trinajstić information content (AvgIpc) is 2.71. The number of hydrogen-bond donors (Lipinski definition) is 2. The number of nitrogens with two attached hydrogens (primary N) is 1. The number of carbonyl (C=O) groups is 2. The predicted molar refractivity (Wildman–Crippen MR) is 102 cm³/mol. The molecule has 0 aliphatic heterocycles. The minimum atomic E-state index is -1.28. The normalized spacial score (nSPS) is 11.8. The average molecular weight is 380 g/mol. The zero-order valence-corrected chi connectivity index (χ0v) is 14.8. The van der Waals surface area contributed by atoms with Crippen LogP contribution in [0.2, 0.25) is 0 Å². The molecule has 0 aromatic heterocycles. The van der Waals surface area contributed by atoms with Gasteiger partial charge in [-0.2, -0.15) is 0 Å². The van der Waals surface area contributed by atoms with Crippen LogP contribution in [0.15, 0.2) is 78.9 Å². The number of carbonyl (C=O) groups excluding carboxylic acids is 2. The third-order valence-corrected chi connectivity index (χ3v) is 4.44. The van der Waals surface area contributed by atoms with E-state index in [1.165, 1.54) is 6.07 Å². The van der Waals surface area contributed by atoms with Gasteiger partial charge in [0.05, 0.1) is 5.56 Å². The van der Waals surface area contributed by atoms with Crippen molar-refractivity contribution in [1.29, 1.82) is 0 Å². The van der Waals surface area contributed by atoms with Crippen molar-refractivity contribution in [3.8, 4) is 0 Å². The lowest BCUT2D eigenvalue weighted by Crippen LogP contribution is -2.48. The van der Waals surface area contributed by atoms with Crippen LogP contribution in [-0.2, 0) is 4.79 Å². The van der Waals surface area contributed by atoms with E-state index in [4.69, 9.17) is 5.73 Å². The van der Waals surface area contributed by atoms with Crippen molar-refractivity contribution in [2.75, 3.05) is 0 Å². The van der Waals surface area contributed by atoms with Gasteiger partial charge in [0.25, 0.3) is 5.91 Å². The largest absolute Gasteiger partial charge is 0.368 e. The summed E-state index contributed by atoms with van der Waals surface area (Å²) in [7, 11) is 0. The molecule has 3 aromatic rings. The molecule has 0 spiro atoms. The highest BCUT2D eigenvalue weighted by Crippen LogP contribution is 2.28. The summed E-state index contributed by atoms with van der Waals surface area (Å²) < 4.78 is 27.5. The zero-order chi connectivity index (χ0) is 20.1. The molecule has 0 fully saturated rings. The fraction of sp³-hybridized carbons (Fsp3) is 0.0909. The number of benzene rings is 3. The van der Waals surface area contributed by atoms with Gasteiger partial charge in [0.2, 0.25) is 5.91 Å². The van der Waals surface area contributed by atoms with E-state index in [2.05, 4.69) is 5.32 Å². The summed E-state index contributed by atoms with van der Waals surface area (Å²) in [4.78, 5) is 24.8. The van der Waals surface area contributed by atoms with Gasteiger partial charge in [0, 0.05) is 5.92 Å². The van der Waals surface area contributed by atoms with Crippen LogP contribution in [0.5, 0.6) is 0 Å². The smallest absolute Gasteiger partial charge is 0.255 e. The van der Waals surface area contributed by atoms with Crippen LogP contribution in [-0.4, -0.2) is 17.9 Å². The van der Waals surface area contributed by atoms with Gasteiger partial charge in [-0.05, 0) is 23.3 Å². The van der Waals surface area contributed by atoms with Crippen molar-refractivity contribution in [3.63, 3.8) is 0 Å². The molecule has 4 nitrogen and oxygen atoms in total. The van der Waals surface area contributed by atoms with E-state index in [0.717, 1.165) is 23.3 Å². The molecule has 3 rings (SSSR count). The van der Waals surface area contributed by atoms with Crippen LogP contribution < -0.4 is 11.1 Å². The quantitative estimate of drug-likeness (QED) is 0.688. The monoisotopic (exact) mass is 380 g/mol. The molecule has 0 unspecified atom stereocenters. The lowest BCUT2D eigenvalue weighted by atomic mass is 9.84. The van der Waals surface area contributed by atoms with Gasteiger partial charge in [-0.25, -0.2) is 8.78 Å². The Morgan fingerprint density at radius 1 is 0.786 bits per heavy atom. The highest BCUT2D eigenvalue weighted by atomic mass is 19.2. The lowest BCUT2D eigenvalue weighted by Gasteiger charge is -2.27. The summed E-state index contributed by atoms with van der Waals surface area (Å²) in [5, 5.41) is 2.48. The lowest BCUT2D eigenvalue weighted by molar-refractivity contribution is -0.120. The number of rotatable bonds is 6. The van der Waals surface area contributed by atoms with Crippen molar-refractivity contribution < 1.29 is 18.4 Å². The fourth-order valence-electron chi connectivity index (χ4n) is 3.11.